The summed E-state index contributed by atoms with van der Waals surface area (Å²) >= 11 is 0. The molecule has 21 heavy (non-hydrogen) atoms. The maximum absolute atomic E-state index is 13.9. The van der Waals surface area contributed by atoms with E-state index in [1.54, 1.807) is 30.5 Å². The number of nitrogens with two attached hydrogens (primary N) is 1. The topological polar surface area (TPSA) is 57.2 Å². The molecule has 0 aliphatic heterocycles. The predicted molar refractivity (Wildman–Crippen MR) is 80.0 cm³/mol. The number of hydrogen-bond donors (Lipinski definition) is 1. The second-order valence-electron chi connectivity index (χ2n) is 4.99. The normalized spacial score (nSPS) is 12.1. The lowest BCUT2D eigenvalue weighted by Crippen LogP contribution is -2.22. The van der Waals surface area contributed by atoms with E-state index in [4.69, 9.17) is 10.5 Å². The first-order valence-electron chi connectivity index (χ1n) is 6.89. The molecule has 5 heteroatoms. The summed E-state index contributed by atoms with van der Waals surface area (Å²) in [5, 5.41) is 0. The van der Waals surface area contributed by atoms with Gasteiger partial charge >= 0.3 is 0 Å². The number of para-hydroxylation sites is 1. The number of nitrogens with zero attached hydrogens (tertiary/aromatic N) is 1. The van der Waals surface area contributed by atoms with Crippen LogP contribution in [0, 0.1) is 5.82 Å². The molecule has 2 aromatic rings. The minimum Gasteiger partial charge on any atom is -0.488 e. The summed E-state index contributed by atoms with van der Waals surface area (Å²) < 4.78 is 20.9. The Balaban J connectivity index is 2.06. The second-order valence-corrected chi connectivity index (χ2v) is 4.99. The zero-order valence-corrected chi connectivity index (χ0v) is 12.0. The van der Waals surface area contributed by atoms with Gasteiger partial charge in [0.05, 0.1) is 6.54 Å². The van der Waals surface area contributed by atoms with Crippen molar-refractivity contribution in [3.63, 3.8) is 0 Å². The molecule has 2 rings (SSSR count). The average molecular weight is 290 g/mol. The van der Waals surface area contributed by atoms with Crippen molar-refractivity contribution in [2.45, 2.75) is 25.9 Å². The standard InChI is InChI=1S/C16H19FN2O2/c1-12(18)11-13-5-4-6-14(17)16(13)21-10-9-19-8-3-2-7-15(19)20/h2-8,12H,9-11,18H2,1H3. The Hall–Kier alpha value is -2.14. The van der Waals surface area contributed by atoms with E-state index in [9.17, 15) is 9.18 Å². The third kappa shape index (κ3) is 4.16. The fourth-order valence-corrected chi connectivity index (χ4v) is 2.11. The van der Waals surface area contributed by atoms with E-state index >= 15 is 0 Å². The molecular formula is C16H19FN2O2. The molecule has 112 valence electrons. The molecule has 0 fully saturated rings. The van der Waals surface area contributed by atoms with Crippen LogP contribution in [0.5, 0.6) is 5.75 Å². The van der Waals surface area contributed by atoms with Crippen molar-refractivity contribution in [1.82, 2.24) is 4.57 Å². The van der Waals surface area contributed by atoms with Crippen LogP contribution in [-0.4, -0.2) is 17.2 Å². The number of halogens is 1. The van der Waals surface area contributed by atoms with Crippen LogP contribution in [0.2, 0.25) is 0 Å². The molecule has 0 saturated carbocycles. The molecule has 1 unspecified atom stereocenters. The van der Waals surface area contributed by atoms with Crippen molar-refractivity contribution in [1.29, 1.82) is 0 Å². The van der Waals surface area contributed by atoms with Gasteiger partial charge < -0.3 is 15.0 Å². The van der Waals surface area contributed by atoms with Gasteiger partial charge in [-0.05, 0) is 31.0 Å². The summed E-state index contributed by atoms with van der Waals surface area (Å²) in [6.07, 6.45) is 2.22. The monoisotopic (exact) mass is 290 g/mol. The van der Waals surface area contributed by atoms with Gasteiger partial charge in [0, 0.05) is 18.3 Å². The highest BCUT2D eigenvalue weighted by Crippen LogP contribution is 2.23. The smallest absolute Gasteiger partial charge is 0.250 e. The van der Waals surface area contributed by atoms with Gasteiger partial charge in [-0.1, -0.05) is 18.2 Å². The highest BCUT2D eigenvalue weighted by molar-refractivity contribution is 5.35. The van der Waals surface area contributed by atoms with E-state index in [0.29, 0.717) is 13.0 Å². The summed E-state index contributed by atoms with van der Waals surface area (Å²) in [4.78, 5) is 11.6. The third-order valence-electron chi connectivity index (χ3n) is 3.07. The zero-order valence-electron chi connectivity index (χ0n) is 12.0. The highest BCUT2D eigenvalue weighted by atomic mass is 19.1. The van der Waals surface area contributed by atoms with E-state index in [2.05, 4.69) is 0 Å². The number of pyridine rings is 1. The molecule has 0 spiro atoms. The van der Waals surface area contributed by atoms with Gasteiger partial charge in [0.25, 0.3) is 5.56 Å². The van der Waals surface area contributed by atoms with Crippen LogP contribution in [0.25, 0.3) is 0 Å². The maximum atomic E-state index is 13.9. The molecule has 1 aromatic carbocycles. The van der Waals surface area contributed by atoms with Crippen molar-refractivity contribution in [3.8, 4) is 5.75 Å². The summed E-state index contributed by atoms with van der Waals surface area (Å²) in [5.74, 6) is -0.188. The molecule has 2 N–H and O–H groups in total. The Bertz CT molecular complexity index is 653. The van der Waals surface area contributed by atoms with Gasteiger partial charge in [-0.25, -0.2) is 4.39 Å². The predicted octanol–water partition coefficient (Wildman–Crippen LogP) is 1.96. The van der Waals surface area contributed by atoms with Crippen LogP contribution < -0.4 is 16.0 Å². The summed E-state index contributed by atoms with van der Waals surface area (Å²) in [6.45, 7) is 2.45. The van der Waals surface area contributed by atoms with Crippen LogP contribution in [0.4, 0.5) is 4.39 Å². The summed E-state index contributed by atoms with van der Waals surface area (Å²) in [7, 11) is 0. The average Bonchev–Trinajstić information content (AvgIpc) is 2.43. The van der Waals surface area contributed by atoms with Gasteiger partial charge in [-0.2, -0.15) is 0 Å². The largest absolute Gasteiger partial charge is 0.488 e. The number of rotatable bonds is 6. The Kier molecular flexibility index (Phi) is 5.11. The number of ether oxygens (including phenoxy) is 1. The molecular weight excluding hydrogens is 271 g/mol. The van der Waals surface area contributed by atoms with E-state index in [0.717, 1.165) is 5.56 Å². The number of aromatic nitrogens is 1. The molecule has 0 saturated heterocycles. The molecule has 0 amide bonds. The zero-order chi connectivity index (χ0) is 15.2. The Morgan fingerprint density at radius 2 is 2.10 bits per heavy atom. The highest BCUT2D eigenvalue weighted by Gasteiger charge is 2.11. The van der Waals surface area contributed by atoms with Crippen LogP contribution in [0.3, 0.4) is 0 Å². The van der Waals surface area contributed by atoms with Crippen molar-refractivity contribution in [3.05, 3.63) is 64.3 Å². The molecule has 0 aliphatic carbocycles. The maximum Gasteiger partial charge on any atom is 0.250 e. The molecule has 1 heterocycles. The molecule has 0 bridgehead atoms. The Morgan fingerprint density at radius 3 is 2.81 bits per heavy atom. The third-order valence-corrected chi connectivity index (χ3v) is 3.07. The molecule has 0 aliphatic rings. The van der Waals surface area contributed by atoms with Crippen molar-refractivity contribution < 1.29 is 9.13 Å². The van der Waals surface area contributed by atoms with Gasteiger partial charge in [-0.3, -0.25) is 4.79 Å². The molecule has 4 nitrogen and oxygen atoms in total. The van der Waals surface area contributed by atoms with Crippen molar-refractivity contribution in [2.24, 2.45) is 5.73 Å². The first-order valence-corrected chi connectivity index (χ1v) is 6.89. The van der Waals surface area contributed by atoms with E-state index in [1.807, 2.05) is 6.92 Å². The van der Waals surface area contributed by atoms with Crippen LogP contribution in [0.1, 0.15) is 12.5 Å². The molecule has 0 radical (unpaired) electrons. The van der Waals surface area contributed by atoms with E-state index in [-0.39, 0.29) is 24.0 Å². The minimum atomic E-state index is -0.409. The Morgan fingerprint density at radius 1 is 1.29 bits per heavy atom. The van der Waals surface area contributed by atoms with Gasteiger partial charge in [0.1, 0.15) is 6.61 Å². The number of benzene rings is 1. The lowest BCUT2D eigenvalue weighted by Gasteiger charge is -2.14. The first kappa shape index (κ1) is 15.3. The fourth-order valence-electron chi connectivity index (χ4n) is 2.11. The van der Waals surface area contributed by atoms with Crippen LogP contribution >= 0.6 is 0 Å². The fraction of sp³-hybridized carbons (Fsp3) is 0.312. The number of hydrogen-bond acceptors (Lipinski definition) is 3. The van der Waals surface area contributed by atoms with Crippen LogP contribution in [0.15, 0.2) is 47.4 Å². The van der Waals surface area contributed by atoms with Crippen molar-refractivity contribution >= 4 is 0 Å². The summed E-state index contributed by atoms with van der Waals surface area (Å²) in [6, 6.07) is 9.65. The van der Waals surface area contributed by atoms with Crippen molar-refractivity contribution in [2.75, 3.05) is 6.61 Å². The lowest BCUT2D eigenvalue weighted by atomic mass is 10.1. The summed E-state index contributed by atoms with van der Waals surface area (Å²) in [5.41, 5.74) is 6.39. The van der Waals surface area contributed by atoms with E-state index in [1.165, 1.54) is 16.7 Å². The molecule has 1 aromatic heterocycles. The minimum absolute atomic E-state index is 0.0779. The Labute approximate surface area is 123 Å². The van der Waals surface area contributed by atoms with Gasteiger partial charge in [-0.15, -0.1) is 0 Å². The van der Waals surface area contributed by atoms with Gasteiger partial charge in [0.2, 0.25) is 0 Å². The first-order chi connectivity index (χ1) is 10.1. The SMILES string of the molecule is CC(N)Cc1cccc(F)c1OCCn1ccccc1=O. The van der Waals surface area contributed by atoms with Gasteiger partial charge in [0.15, 0.2) is 11.6 Å². The quantitative estimate of drug-likeness (QED) is 0.884. The van der Waals surface area contributed by atoms with Crippen LogP contribution in [-0.2, 0) is 13.0 Å². The van der Waals surface area contributed by atoms with E-state index < -0.39 is 5.82 Å². The second kappa shape index (κ2) is 7.04. The molecule has 1 atom stereocenters. The lowest BCUT2D eigenvalue weighted by molar-refractivity contribution is 0.279.